The highest BCUT2D eigenvalue weighted by Crippen LogP contribution is 2.10. The number of imidazole rings is 1. The molecule has 0 radical (unpaired) electrons. The third-order valence-electron chi connectivity index (χ3n) is 2.15. The Morgan fingerprint density at radius 2 is 2.25 bits per heavy atom. The highest BCUT2D eigenvalue weighted by Gasteiger charge is 2.12. The van der Waals surface area contributed by atoms with Crippen LogP contribution in [0.1, 0.15) is 25.7 Å². The van der Waals surface area contributed by atoms with Crippen molar-refractivity contribution in [1.82, 2.24) is 9.55 Å². The average molecular weight is 227 g/mol. The largest absolute Gasteiger partial charge is 0.481 e. The molecule has 88 valence electrons. The molecule has 0 spiro atoms. The van der Waals surface area contributed by atoms with E-state index in [1.807, 2.05) is 0 Å². The molecule has 0 aliphatic carbocycles. The molecule has 0 saturated heterocycles. The molecule has 0 aromatic carbocycles. The molecular formula is C9H13N3O4. The van der Waals surface area contributed by atoms with Crippen molar-refractivity contribution in [2.45, 2.75) is 32.2 Å². The van der Waals surface area contributed by atoms with Crippen LogP contribution in [0.25, 0.3) is 0 Å². The van der Waals surface area contributed by atoms with E-state index in [1.54, 1.807) is 6.20 Å². The summed E-state index contributed by atoms with van der Waals surface area (Å²) in [6.45, 7) is 0.496. The molecule has 0 fully saturated rings. The summed E-state index contributed by atoms with van der Waals surface area (Å²) in [7, 11) is 0. The first kappa shape index (κ1) is 12.2. The van der Waals surface area contributed by atoms with Crippen molar-refractivity contribution in [2.24, 2.45) is 0 Å². The van der Waals surface area contributed by atoms with Gasteiger partial charge in [0, 0.05) is 6.42 Å². The maximum atomic E-state index is 10.5. The third-order valence-corrected chi connectivity index (χ3v) is 2.15. The molecule has 7 heteroatoms. The summed E-state index contributed by atoms with van der Waals surface area (Å²) in [6.07, 6.45) is 5.13. The molecule has 1 aromatic heterocycles. The zero-order valence-corrected chi connectivity index (χ0v) is 8.70. The first-order chi connectivity index (χ1) is 7.61. The predicted octanol–water partition coefficient (Wildman–Crippen LogP) is 1.44. The summed E-state index contributed by atoms with van der Waals surface area (Å²) in [6, 6.07) is 0. The first-order valence-electron chi connectivity index (χ1n) is 4.98. The van der Waals surface area contributed by atoms with E-state index >= 15 is 0 Å². The van der Waals surface area contributed by atoms with Gasteiger partial charge in [0.15, 0.2) is 0 Å². The van der Waals surface area contributed by atoms with E-state index in [0.29, 0.717) is 19.4 Å². The van der Waals surface area contributed by atoms with Crippen molar-refractivity contribution in [3.8, 4) is 0 Å². The quantitative estimate of drug-likeness (QED) is 0.431. The summed E-state index contributed by atoms with van der Waals surface area (Å²) < 4.78 is 1.46. The van der Waals surface area contributed by atoms with E-state index in [0.717, 1.165) is 6.42 Å². The van der Waals surface area contributed by atoms with Crippen LogP contribution in [-0.2, 0) is 11.3 Å². The first-order valence-corrected chi connectivity index (χ1v) is 4.98. The maximum Gasteiger partial charge on any atom is 0.434 e. The second-order valence-corrected chi connectivity index (χ2v) is 3.38. The molecule has 0 saturated carbocycles. The maximum absolute atomic E-state index is 10.5. The lowest BCUT2D eigenvalue weighted by Gasteiger charge is -2.00. The van der Waals surface area contributed by atoms with Crippen LogP contribution in [0.4, 0.5) is 5.95 Å². The second-order valence-electron chi connectivity index (χ2n) is 3.38. The van der Waals surface area contributed by atoms with Crippen LogP contribution in [0, 0.1) is 10.1 Å². The van der Waals surface area contributed by atoms with Crippen molar-refractivity contribution >= 4 is 11.9 Å². The zero-order chi connectivity index (χ0) is 12.0. The highest BCUT2D eigenvalue weighted by atomic mass is 16.6. The lowest BCUT2D eigenvalue weighted by molar-refractivity contribution is -0.396. The molecule has 1 heterocycles. The van der Waals surface area contributed by atoms with Crippen LogP contribution in [-0.4, -0.2) is 25.6 Å². The lowest BCUT2D eigenvalue weighted by Crippen LogP contribution is -2.03. The fraction of sp³-hybridized carbons (Fsp3) is 0.556. The molecule has 0 aliphatic rings. The summed E-state index contributed by atoms with van der Waals surface area (Å²) in [5.74, 6) is -0.980. The van der Waals surface area contributed by atoms with Crippen molar-refractivity contribution in [3.05, 3.63) is 22.5 Å². The molecule has 1 N–H and O–H groups in total. The van der Waals surface area contributed by atoms with Gasteiger partial charge in [-0.3, -0.25) is 4.79 Å². The number of carboxylic acid groups (broad SMARTS) is 1. The topological polar surface area (TPSA) is 98.3 Å². The van der Waals surface area contributed by atoms with Gasteiger partial charge >= 0.3 is 11.9 Å². The summed E-state index contributed by atoms with van der Waals surface area (Å²) in [4.78, 5) is 23.8. The number of nitro groups is 1. The Labute approximate surface area is 91.9 Å². The van der Waals surface area contributed by atoms with Crippen LogP contribution in [0.3, 0.4) is 0 Å². The molecule has 1 rings (SSSR count). The van der Waals surface area contributed by atoms with Crippen LogP contribution in [0.5, 0.6) is 0 Å². The highest BCUT2D eigenvalue weighted by molar-refractivity contribution is 5.66. The smallest absolute Gasteiger partial charge is 0.434 e. The number of hydrogen-bond donors (Lipinski definition) is 1. The Bertz CT molecular complexity index is 375. The SMILES string of the molecule is O=C(O)CCCCCn1ccnc1[N+](=O)[O-]. The lowest BCUT2D eigenvalue weighted by atomic mass is 10.2. The number of nitrogens with zero attached hydrogens (tertiary/aromatic N) is 3. The molecule has 16 heavy (non-hydrogen) atoms. The number of aryl methyl sites for hydroxylation is 1. The van der Waals surface area contributed by atoms with Gasteiger partial charge in [0.25, 0.3) is 0 Å². The Hall–Kier alpha value is -1.92. The molecule has 0 aliphatic heterocycles. The predicted molar refractivity (Wildman–Crippen MR) is 55.0 cm³/mol. The van der Waals surface area contributed by atoms with Crippen LogP contribution in [0.2, 0.25) is 0 Å². The number of rotatable bonds is 7. The second kappa shape index (κ2) is 5.84. The van der Waals surface area contributed by atoms with Gasteiger partial charge in [0.2, 0.25) is 0 Å². The Morgan fingerprint density at radius 1 is 1.50 bits per heavy atom. The van der Waals surface area contributed by atoms with E-state index in [2.05, 4.69) is 4.98 Å². The van der Waals surface area contributed by atoms with Crippen molar-refractivity contribution in [1.29, 1.82) is 0 Å². The monoisotopic (exact) mass is 227 g/mol. The Kier molecular flexibility index (Phi) is 4.43. The minimum atomic E-state index is -0.811. The summed E-state index contributed by atoms with van der Waals surface area (Å²) in [5, 5.41) is 18.9. The zero-order valence-electron chi connectivity index (χ0n) is 8.70. The van der Waals surface area contributed by atoms with E-state index < -0.39 is 10.9 Å². The van der Waals surface area contributed by atoms with Gasteiger partial charge in [-0.15, -0.1) is 0 Å². The molecule has 0 unspecified atom stereocenters. The van der Waals surface area contributed by atoms with E-state index in [4.69, 9.17) is 5.11 Å². The number of unbranched alkanes of at least 4 members (excludes halogenated alkanes) is 2. The Morgan fingerprint density at radius 3 is 2.88 bits per heavy atom. The van der Waals surface area contributed by atoms with Crippen molar-refractivity contribution in [3.63, 3.8) is 0 Å². The van der Waals surface area contributed by atoms with Gasteiger partial charge in [0.1, 0.15) is 12.4 Å². The van der Waals surface area contributed by atoms with E-state index in [-0.39, 0.29) is 12.4 Å². The van der Waals surface area contributed by atoms with Gasteiger partial charge < -0.3 is 15.2 Å². The van der Waals surface area contributed by atoms with Crippen LogP contribution < -0.4 is 0 Å². The summed E-state index contributed by atoms with van der Waals surface area (Å²) >= 11 is 0. The van der Waals surface area contributed by atoms with Gasteiger partial charge in [0.05, 0.1) is 6.54 Å². The van der Waals surface area contributed by atoms with Crippen molar-refractivity contribution in [2.75, 3.05) is 0 Å². The molecule has 1 aromatic rings. The molecule has 7 nitrogen and oxygen atoms in total. The normalized spacial score (nSPS) is 10.2. The van der Waals surface area contributed by atoms with Crippen LogP contribution >= 0.6 is 0 Å². The van der Waals surface area contributed by atoms with Gasteiger partial charge in [-0.25, -0.2) is 4.57 Å². The van der Waals surface area contributed by atoms with Crippen molar-refractivity contribution < 1.29 is 14.8 Å². The number of aromatic nitrogens is 2. The van der Waals surface area contributed by atoms with Gasteiger partial charge in [-0.2, -0.15) is 0 Å². The fourth-order valence-electron chi connectivity index (χ4n) is 1.38. The molecule has 0 atom stereocenters. The van der Waals surface area contributed by atoms with Crippen LogP contribution in [0.15, 0.2) is 12.4 Å². The van der Waals surface area contributed by atoms with E-state index in [1.165, 1.54) is 10.8 Å². The number of aliphatic carboxylic acids is 1. The standard InChI is InChI=1S/C9H13N3O4/c13-8(14)4-2-1-3-6-11-7-5-10-9(11)12(15)16/h5,7H,1-4,6H2,(H,13,14). The number of hydrogen-bond acceptors (Lipinski definition) is 4. The minimum absolute atomic E-state index is 0.145. The fourth-order valence-corrected chi connectivity index (χ4v) is 1.38. The average Bonchev–Trinajstić information content (AvgIpc) is 2.65. The molecular weight excluding hydrogens is 214 g/mol. The summed E-state index contributed by atoms with van der Waals surface area (Å²) in [5.41, 5.74) is 0. The van der Waals surface area contributed by atoms with Gasteiger partial charge in [-0.1, -0.05) is 4.98 Å². The number of carbonyl (C=O) groups is 1. The Balaban J connectivity index is 2.29. The molecule has 0 bridgehead atoms. The molecule has 0 amide bonds. The minimum Gasteiger partial charge on any atom is -0.481 e. The third kappa shape index (κ3) is 3.68. The van der Waals surface area contributed by atoms with E-state index in [9.17, 15) is 14.9 Å². The van der Waals surface area contributed by atoms with Gasteiger partial charge in [-0.05, 0) is 24.2 Å². The number of carboxylic acids is 1.